The molecule has 4 rings (SSSR count). The number of halogens is 1. The van der Waals surface area contributed by atoms with Crippen molar-refractivity contribution in [2.75, 3.05) is 13.2 Å². The van der Waals surface area contributed by atoms with Gasteiger partial charge in [0.1, 0.15) is 24.6 Å². The zero-order chi connectivity index (χ0) is 22.0. The van der Waals surface area contributed by atoms with Crippen LogP contribution in [0.1, 0.15) is 34.3 Å². The molecule has 1 amide bonds. The van der Waals surface area contributed by atoms with Crippen LogP contribution in [0, 0.1) is 12.7 Å². The van der Waals surface area contributed by atoms with Gasteiger partial charge in [-0.3, -0.25) is 0 Å². The normalized spacial score (nSPS) is 14.5. The van der Waals surface area contributed by atoms with Crippen LogP contribution < -0.4 is 5.32 Å². The Morgan fingerprint density at radius 1 is 1.00 bits per heavy atom. The third-order valence-corrected chi connectivity index (χ3v) is 5.70. The van der Waals surface area contributed by atoms with Gasteiger partial charge in [-0.05, 0) is 34.7 Å². The van der Waals surface area contributed by atoms with Crippen molar-refractivity contribution in [2.24, 2.45) is 0 Å². The Balaban J connectivity index is 1.35. The molecule has 160 valence electrons. The van der Waals surface area contributed by atoms with E-state index in [1.807, 2.05) is 36.4 Å². The molecule has 0 saturated heterocycles. The zero-order valence-electron chi connectivity index (χ0n) is 17.1. The molecule has 0 saturated carbocycles. The lowest BCUT2D eigenvalue weighted by molar-refractivity contribution is 0.0165. The number of aryl methyl sites for hydroxylation is 1. The number of rotatable bonds is 6. The van der Waals surface area contributed by atoms with Gasteiger partial charge in [-0.2, -0.15) is 0 Å². The topological polar surface area (TPSA) is 78.8 Å². The molecule has 6 heteroatoms. The van der Waals surface area contributed by atoms with E-state index in [4.69, 9.17) is 4.74 Å². The van der Waals surface area contributed by atoms with Gasteiger partial charge in [0.2, 0.25) is 0 Å². The minimum Gasteiger partial charge on any atom is -0.449 e. The zero-order valence-corrected chi connectivity index (χ0v) is 17.1. The number of benzene rings is 3. The predicted octanol–water partition coefficient (Wildman–Crippen LogP) is 4.07. The second kappa shape index (κ2) is 8.88. The minimum atomic E-state index is -1.46. The summed E-state index contributed by atoms with van der Waals surface area (Å²) in [5.41, 5.74) is 4.82. The number of alkyl carbamates (subject to hydrolysis) is 1. The largest absolute Gasteiger partial charge is 0.449 e. The summed E-state index contributed by atoms with van der Waals surface area (Å²) in [5.74, 6) is -0.648. The number of hydrogen-bond donors (Lipinski definition) is 3. The number of hydrogen-bond acceptors (Lipinski definition) is 4. The van der Waals surface area contributed by atoms with E-state index >= 15 is 0 Å². The standard InChI is InChI=1S/C25H24FNO4/c1-15-7-6-12-20(23(15)26)24(29)22(28)13-27-25(30)31-14-21-18-10-4-2-8-16(18)17-9-3-5-11-19(17)21/h2-12,21-22,24,28-29H,13-14H2,1H3,(H,27,30). The summed E-state index contributed by atoms with van der Waals surface area (Å²) < 4.78 is 19.6. The van der Waals surface area contributed by atoms with Crippen LogP contribution in [0.2, 0.25) is 0 Å². The lowest BCUT2D eigenvalue weighted by Crippen LogP contribution is -2.36. The number of aliphatic hydroxyl groups is 2. The maximum atomic E-state index is 14.2. The van der Waals surface area contributed by atoms with Gasteiger partial charge in [0.25, 0.3) is 0 Å². The molecule has 0 bridgehead atoms. The second-order valence-electron chi connectivity index (χ2n) is 7.70. The Morgan fingerprint density at radius 2 is 1.61 bits per heavy atom. The molecule has 0 aliphatic heterocycles. The van der Waals surface area contributed by atoms with Crippen molar-refractivity contribution in [2.45, 2.75) is 25.0 Å². The molecular formula is C25H24FNO4. The van der Waals surface area contributed by atoms with Gasteiger partial charge >= 0.3 is 6.09 Å². The van der Waals surface area contributed by atoms with E-state index in [1.54, 1.807) is 19.1 Å². The first kappa shape index (κ1) is 21.0. The first-order chi connectivity index (χ1) is 15.0. The fourth-order valence-electron chi connectivity index (χ4n) is 4.05. The van der Waals surface area contributed by atoms with Crippen molar-refractivity contribution in [1.82, 2.24) is 5.32 Å². The number of ether oxygens (including phenoxy) is 1. The quantitative estimate of drug-likeness (QED) is 0.561. The molecule has 0 fully saturated rings. The Hall–Kier alpha value is -3.22. The van der Waals surface area contributed by atoms with Crippen molar-refractivity contribution in [3.05, 3.63) is 94.8 Å². The van der Waals surface area contributed by atoms with Crippen LogP contribution in [0.3, 0.4) is 0 Å². The maximum Gasteiger partial charge on any atom is 0.407 e. The highest BCUT2D eigenvalue weighted by atomic mass is 19.1. The number of carbonyl (C=O) groups excluding carboxylic acids is 1. The number of amides is 1. The summed E-state index contributed by atoms with van der Waals surface area (Å²) in [6, 6.07) is 20.6. The number of fused-ring (bicyclic) bond motifs is 3. The highest BCUT2D eigenvalue weighted by Gasteiger charge is 2.29. The molecule has 3 aromatic rings. The van der Waals surface area contributed by atoms with Gasteiger partial charge in [-0.15, -0.1) is 0 Å². The van der Waals surface area contributed by atoms with Gasteiger partial charge < -0.3 is 20.3 Å². The molecule has 5 nitrogen and oxygen atoms in total. The number of nitrogens with one attached hydrogen (secondary N) is 1. The van der Waals surface area contributed by atoms with Crippen LogP contribution in [0.4, 0.5) is 9.18 Å². The molecule has 1 aliphatic rings. The van der Waals surface area contributed by atoms with Crippen molar-refractivity contribution in [3.8, 4) is 11.1 Å². The Bertz CT molecular complexity index is 1050. The van der Waals surface area contributed by atoms with Crippen LogP contribution in [0.25, 0.3) is 11.1 Å². The maximum absolute atomic E-state index is 14.2. The Kier molecular flexibility index (Phi) is 6.02. The van der Waals surface area contributed by atoms with Crippen molar-refractivity contribution >= 4 is 6.09 Å². The molecular weight excluding hydrogens is 397 g/mol. The lowest BCUT2D eigenvalue weighted by atomic mass is 9.98. The van der Waals surface area contributed by atoms with Crippen LogP contribution in [-0.2, 0) is 4.74 Å². The smallest absolute Gasteiger partial charge is 0.407 e. The van der Waals surface area contributed by atoms with Gasteiger partial charge in [-0.25, -0.2) is 9.18 Å². The molecule has 31 heavy (non-hydrogen) atoms. The van der Waals surface area contributed by atoms with Gasteiger partial charge in [-0.1, -0.05) is 66.7 Å². The molecule has 0 radical (unpaired) electrons. The summed E-state index contributed by atoms with van der Waals surface area (Å²) in [6.07, 6.45) is -3.55. The monoisotopic (exact) mass is 421 g/mol. The predicted molar refractivity (Wildman–Crippen MR) is 115 cm³/mol. The molecule has 3 N–H and O–H groups in total. The van der Waals surface area contributed by atoms with Gasteiger partial charge in [0.05, 0.1) is 0 Å². The fourth-order valence-corrected chi connectivity index (χ4v) is 4.05. The summed E-state index contributed by atoms with van der Waals surface area (Å²) in [4.78, 5) is 12.2. The highest BCUT2D eigenvalue weighted by Crippen LogP contribution is 2.44. The third kappa shape index (κ3) is 4.17. The summed E-state index contributed by atoms with van der Waals surface area (Å²) in [6.45, 7) is 1.45. The molecule has 0 heterocycles. The van der Waals surface area contributed by atoms with E-state index in [0.29, 0.717) is 5.56 Å². The van der Waals surface area contributed by atoms with Crippen LogP contribution >= 0.6 is 0 Å². The van der Waals surface area contributed by atoms with Crippen molar-refractivity contribution < 1.29 is 24.1 Å². The van der Waals surface area contributed by atoms with Crippen molar-refractivity contribution in [3.63, 3.8) is 0 Å². The summed E-state index contributed by atoms with van der Waals surface area (Å²) in [7, 11) is 0. The highest BCUT2D eigenvalue weighted by molar-refractivity contribution is 5.79. The summed E-state index contributed by atoms with van der Waals surface area (Å²) >= 11 is 0. The van der Waals surface area contributed by atoms with Crippen molar-refractivity contribution in [1.29, 1.82) is 0 Å². The average molecular weight is 421 g/mol. The number of aliphatic hydroxyl groups excluding tert-OH is 2. The Morgan fingerprint density at radius 3 is 2.26 bits per heavy atom. The first-order valence-corrected chi connectivity index (χ1v) is 10.2. The molecule has 1 aliphatic carbocycles. The third-order valence-electron chi connectivity index (χ3n) is 5.70. The van der Waals surface area contributed by atoms with E-state index < -0.39 is 24.1 Å². The molecule has 0 spiro atoms. The lowest BCUT2D eigenvalue weighted by Gasteiger charge is -2.20. The SMILES string of the molecule is Cc1cccc(C(O)C(O)CNC(=O)OCC2c3ccccc3-c3ccccc32)c1F. The fraction of sp³-hybridized carbons (Fsp3) is 0.240. The molecule has 3 aromatic carbocycles. The van der Waals surface area contributed by atoms with E-state index in [9.17, 15) is 19.4 Å². The van der Waals surface area contributed by atoms with Crippen LogP contribution in [0.15, 0.2) is 66.7 Å². The second-order valence-corrected chi connectivity index (χ2v) is 7.70. The first-order valence-electron chi connectivity index (χ1n) is 10.2. The van der Waals surface area contributed by atoms with Gasteiger partial charge in [0.15, 0.2) is 0 Å². The minimum absolute atomic E-state index is 0.0122. The molecule has 2 unspecified atom stereocenters. The molecule has 0 aromatic heterocycles. The van der Waals surface area contributed by atoms with Crippen LogP contribution in [-0.4, -0.2) is 35.6 Å². The van der Waals surface area contributed by atoms with Gasteiger partial charge in [0, 0.05) is 18.0 Å². The van der Waals surface area contributed by atoms with Crippen LogP contribution in [0.5, 0.6) is 0 Å². The Labute approximate surface area is 180 Å². The van der Waals surface area contributed by atoms with E-state index in [1.165, 1.54) is 6.07 Å². The number of carbonyl (C=O) groups is 1. The van der Waals surface area contributed by atoms with E-state index in [-0.39, 0.29) is 24.6 Å². The van der Waals surface area contributed by atoms with E-state index in [2.05, 4.69) is 17.4 Å². The summed E-state index contributed by atoms with van der Waals surface area (Å²) in [5, 5.41) is 22.9. The van der Waals surface area contributed by atoms with E-state index in [0.717, 1.165) is 22.3 Å². The average Bonchev–Trinajstić information content (AvgIpc) is 3.11. The molecule has 2 atom stereocenters.